The SMILES string of the molecule is CC[n+]1ccccc1/C=C/c1ccccc1N(C)C.[I-]. The monoisotopic (exact) mass is 380 g/mol. The van der Waals surface area contributed by atoms with E-state index in [4.69, 9.17) is 0 Å². The Morgan fingerprint density at radius 3 is 2.40 bits per heavy atom. The average Bonchev–Trinajstić information content (AvgIpc) is 2.45. The molecule has 0 unspecified atom stereocenters. The van der Waals surface area contributed by atoms with Gasteiger partial charge in [-0.25, -0.2) is 0 Å². The van der Waals surface area contributed by atoms with Crippen molar-refractivity contribution in [2.24, 2.45) is 0 Å². The van der Waals surface area contributed by atoms with Crippen molar-refractivity contribution in [3.05, 3.63) is 59.9 Å². The molecule has 0 aliphatic heterocycles. The van der Waals surface area contributed by atoms with Gasteiger partial charge < -0.3 is 28.9 Å². The number of benzene rings is 1. The number of halogens is 1. The third-order valence-electron chi connectivity index (χ3n) is 3.17. The Labute approximate surface area is 138 Å². The third kappa shape index (κ3) is 4.07. The molecule has 0 atom stereocenters. The van der Waals surface area contributed by atoms with Crippen LogP contribution in [0, 0.1) is 0 Å². The molecule has 1 aromatic heterocycles. The summed E-state index contributed by atoms with van der Waals surface area (Å²) in [5, 5.41) is 0. The first-order chi connectivity index (χ1) is 9.22. The summed E-state index contributed by atoms with van der Waals surface area (Å²) in [6.45, 7) is 3.14. The van der Waals surface area contributed by atoms with Crippen LogP contribution in [0.15, 0.2) is 48.7 Å². The quantitative estimate of drug-likeness (QED) is 0.545. The number of aromatic nitrogens is 1. The smallest absolute Gasteiger partial charge is 0.205 e. The summed E-state index contributed by atoms with van der Waals surface area (Å²) in [4.78, 5) is 2.14. The molecule has 0 saturated heterocycles. The summed E-state index contributed by atoms with van der Waals surface area (Å²) in [6, 6.07) is 14.7. The molecule has 1 heterocycles. The number of nitrogens with zero attached hydrogens (tertiary/aromatic N) is 2. The van der Waals surface area contributed by atoms with E-state index in [9.17, 15) is 0 Å². The first-order valence-corrected chi connectivity index (χ1v) is 6.65. The van der Waals surface area contributed by atoms with Crippen LogP contribution >= 0.6 is 0 Å². The van der Waals surface area contributed by atoms with Crippen molar-refractivity contribution < 1.29 is 28.5 Å². The average molecular weight is 380 g/mol. The van der Waals surface area contributed by atoms with Crippen molar-refractivity contribution >= 4 is 17.8 Å². The molecule has 2 aromatic rings. The molecule has 0 N–H and O–H groups in total. The topological polar surface area (TPSA) is 7.12 Å². The lowest BCUT2D eigenvalue weighted by Gasteiger charge is -2.15. The van der Waals surface area contributed by atoms with Crippen molar-refractivity contribution in [2.45, 2.75) is 13.5 Å². The first kappa shape index (κ1) is 16.7. The molecule has 3 heteroatoms. The molecule has 0 saturated carbocycles. The Bertz CT molecular complexity index is 577. The normalized spacial score (nSPS) is 10.3. The molecule has 2 nitrogen and oxygen atoms in total. The molecule has 2 rings (SSSR count). The molecule has 106 valence electrons. The number of aryl methyl sites for hydroxylation is 1. The van der Waals surface area contributed by atoms with Crippen molar-refractivity contribution in [2.75, 3.05) is 19.0 Å². The highest BCUT2D eigenvalue weighted by molar-refractivity contribution is 5.75. The van der Waals surface area contributed by atoms with E-state index >= 15 is 0 Å². The Hall–Kier alpha value is -1.36. The van der Waals surface area contributed by atoms with Gasteiger partial charge in [0, 0.05) is 38.0 Å². The number of hydrogen-bond acceptors (Lipinski definition) is 1. The van der Waals surface area contributed by atoms with Gasteiger partial charge in [-0.15, -0.1) is 0 Å². The van der Waals surface area contributed by atoms with Crippen LogP contribution in [0.4, 0.5) is 5.69 Å². The minimum Gasteiger partial charge on any atom is -1.00 e. The van der Waals surface area contributed by atoms with Crippen LogP contribution in [-0.4, -0.2) is 14.1 Å². The molecule has 0 fully saturated rings. The van der Waals surface area contributed by atoms with E-state index in [0.717, 1.165) is 6.54 Å². The lowest BCUT2D eigenvalue weighted by atomic mass is 10.1. The molecular formula is C17H21IN2. The second-order valence-corrected chi connectivity index (χ2v) is 4.70. The van der Waals surface area contributed by atoms with Crippen LogP contribution in [0.25, 0.3) is 12.2 Å². The minimum absolute atomic E-state index is 0. The summed E-state index contributed by atoms with van der Waals surface area (Å²) in [6.07, 6.45) is 6.46. The van der Waals surface area contributed by atoms with Gasteiger partial charge in [-0.3, -0.25) is 0 Å². The van der Waals surface area contributed by atoms with E-state index in [1.54, 1.807) is 0 Å². The number of pyridine rings is 1. The van der Waals surface area contributed by atoms with E-state index < -0.39 is 0 Å². The van der Waals surface area contributed by atoms with Gasteiger partial charge in [0.15, 0.2) is 6.20 Å². The highest BCUT2D eigenvalue weighted by Crippen LogP contribution is 2.19. The first-order valence-electron chi connectivity index (χ1n) is 6.65. The fraction of sp³-hybridized carbons (Fsp3) is 0.235. The number of anilines is 1. The van der Waals surface area contributed by atoms with Crippen molar-refractivity contribution in [1.29, 1.82) is 0 Å². The Morgan fingerprint density at radius 2 is 1.70 bits per heavy atom. The van der Waals surface area contributed by atoms with Crippen LogP contribution in [0.5, 0.6) is 0 Å². The lowest BCUT2D eigenvalue weighted by Crippen LogP contribution is -3.00. The van der Waals surface area contributed by atoms with Gasteiger partial charge in [0.05, 0.1) is 0 Å². The van der Waals surface area contributed by atoms with E-state index in [1.807, 2.05) is 0 Å². The highest BCUT2D eigenvalue weighted by atomic mass is 127. The zero-order chi connectivity index (χ0) is 13.7. The zero-order valence-electron chi connectivity index (χ0n) is 12.3. The standard InChI is InChI=1S/C17H21N2.HI/c1-4-19-14-8-7-10-16(19)13-12-15-9-5-6-11-17(15)18(2)3;/h5-14H,4H2,1-3H3;1H/q+1;/p-1. The number of rotatable bonds is 4. The van der Waals surface area contributed by atoms with Crippen LogP contribution in [0.3, 0.4) is 0 Å². The second-order valence-electron chi connectivity index (χ2n) is 4.70. The molecular weight excluding hydrogens is 359 g/mol. The molecule has 20 heavy (non-hydrogen) atoms. The molecule has 0 radical (unpaired) electrons. The molecule has 0 amide bonds. The van der Waals surface area contributed by atoms with Crippen molar-refractivity contribution in [3.8, 4) is 0 Å². The maximum absolute atomic E-state index is 2.23. The summed E-state index contributed by atoms with van der Waals surface area (Å²) < 4.78 is 2.23. The van der Waals surface area contributed by atoms with E-state index in [1.165, 1.54) is 16.9 Å². The van der Waals surface area contributed by atoms with Gasteiger partial charge in [-0.05, 0) is 30.7 Å². The predicted molar refractivity (Wildman–Crippen MR) is 82.0 cm³/mol. The molecule has 0 spiro atoms. The summed E-state index contributed by atoms with van der Waals surface area (Å²) in [5.41, 5.74) is 3.69. The van der Waals surface area contributed by atoms with Gasteiger partial charge >= 0.3 is 0 Å². The van der Waals surface area contributed by atoms with Crippen LogP contribution in [0.1, 0.15) is 18.2 Å². The van der Waals surface area contributed by atoms with Gasteiger partial charge in [0.2, 0.25) is 5.69 Å². The number of hydrogen-bond donors (Lipinski definition) is 0. The summed E-state index contributed by atoms with van der Waals surface area (Å²) in [7, 11) is 4.14. The van der Waals surface area contributed by atoms with Gasteiger partial charge in [0.1, 0.15) is 6.54 Å². The van der Waals surface area contributed by atoms with E-state index in [2.05, 4.69) is 91.3 Å². The maximum atomic E-state index is 2.23. The van der Waals surface area contributed by atoms with Crippen LogP contribution in [0.2, 0.25) is 0 Å². The third-order valence-corrected chi connectivity index (χ3v) is 3.17. The van der Waals surface area contributed by atoms with Crippen molar-refractivity contribution in [1.82, 2.24) is 0 Å². The highest BCUT2D eigenvalue weighted by Gasteiger charge is 2.04. The minimum atomic E-state index is 0. The fourth-order valence-corrected chi connectivity index (χ4v) is 2.14. The van der Waals surface area contributed by atoms with Crippen LogP contribution < -0.4 is 33.4 Å². The largest absolute Gasteiger partial charge is 1.00 e. The summed E-state index contributed by atoms with van der Waals surface area (Å²) in [5.74, 6) is 0. The Morgan fingerprint density at radius 1 is 1.00 bits per heavy atom. The predicted octanol–water partition coefficient (Wildman–Crippen LogP) is 0.234. The summed E-state index contributed by atoms with van der Waals surface area (Å²) >= 11 is 0. The molecule has 1 aromatic carbocycles. The lowest BCUT2D eigenvalue weighted by molar-refractivity contribution is -0.695. The van der Waals surface area contributed by atoms with Gasteiger partial charge in [-0.1, -0.05) is 18.2 Å². The Balaban J connectivity index is 0.00000200. The fourth-order valence-electron chi connectivity index (χ4n) is 2.14. The number of para-hydroxylation sites is 1. The molecule has 0 aliphatic rings. The molecule has 0 aliphatic carbocycles. The van der Waals surface area contributed by atoms with Crippen molar-refractivity contribution in [3.63, 3.8) is 0 Å². The van der Waals surface area contributed by atoms with E-state index in [0.29, 0.717) is 0 Å². The second kappa shape index (κ2) is 8.04. The van der Waals surface area contributed by atoms with Gasteiger partial charge in [0.25, 0.3) is 0 Å². The molecule has 0 bridgehead atoms. The van der Waals surface area contributed by atoms with Crippen LogP contribution in [-0.2, 0) is 6.54 Å². The maximum Gasteiger partial charge on any atom is 0.205 e. The van der Waals surface area contributed by atoms with Gasteiger partial charge in [-0.2, -0.15) is 4.57 Å². The Kier molecular flexibility index (Phi) is 6.71. The zero-order valence-corrected chi connectivity index (χ0v) is 14.4. The van der Waals surface area contributed by atoms with E-state index in [-0.39, 0.29) is 24.0 Å².